The smallest absolute Gasteiger partial charge is 0.322 e. The number of para-hydroxylation sites is 1. The van der Waals surface area contributed by atoms with Crippen LogP contribution >= 0.6 is 0 Å². The van der Waals surface area contributed by atoms with E-state index in [1.54, 1.807) is 18.2 Å². The number of unbranched alkanes of at least 4 members (excludes halogenated alkanes) is 1. The number of nitrogens with one attached hydrogen (secondary N) is 1. The van der Waals surface area contributed by atoms with Gasteiger partial charge < -0.3 is 25.8 Å². The number of phenolic OH excluding ortho intramolecular Hbond substituents is 1. The number of hydrogen-bond donors (Lipinski definition) is 3. The number of ether oxygens (including phenoxy) is 1. The van der Waals surface area contributed by atoms with Crippen LogP contribution in [0.2, 0.25) is 0 Å². The van der Waals surface area contributed by atoms with Crippen molar-refractivity contribution in [1.29, 1.82) is 0 Å². The molecular weight excluding hydrogens is 436 g/mol. The van der Waals surface area contributed by atoms with Crippen molar-refractivity contribution >= 4 is 17.3 Å². The fourth-order valence-electron chi connectivity index (χ4n) is 3.74. The first kappa shape index (κ1) is 24.9. The molecule has 9 heteroatoms. The Morgan fingerprint density at radius 3 is 2.50 bits per heavy atom. The number of hydrogen-bond acceptors (Lipinski definition) is 8. The van der Waals surface area contributed by atoms with Crippen LogP contribution in [0.4, 0.5) is 11.4 Å². The zero-order valence-electron chi connectivity index (χ0n) is 19.5. The van der Waals surface area contributed by atoms with Crippen molar-refractivity contribution in [2.75, 3.05) is 23.9 Å². The predicted molar refractivity (Wildman–Crippen MR) is 129 cm³/mol. The molecule has 0 radical (unpaired) electrons. The molecular formula is C25H31N4O5+. The van der Waals surface area contributed by atoms with Crippen molar-refractivity contribution in [2.24, 2.45) is 12.8 Å². The number of esters is 1. The quantitative estimate of drug-likeness (QED) is 0.157. The van der Waals surface area contributed by atoms with Gasteiger partial charge >= 0.3 is 5.97 Å². The van der Waals surface area contributed by atoms with Gasteiger partial charge in [-0.25, -0.2) is 4.57 Å². The lowest BCUT2D eigenvalue weighted by Gasteiger charge is -2.28. The standard InChI is InChI=1S/C25H30N4O5/c1-28-13-10-17(11-14-28)15-29(16-18-7-3-4-9-20(18)30)22-21(23(31)24(22)32)27-12-6-5-8-19(26)25(33)34-2/h3-4,7,9-11,13-14,19H,5-6,8,12,15-16,26H2,1-2H3,(H-,27,30,32)/p+1/t19-/m0/s1. The van der Waals surface area contributed by atoms with Crippen LogP contribution in [-0.4, -0.2) is 30.8 Å². The second-order valence-electron chi connectivity index (χ2n) is 8.29. The van der Waals surface area contributed by atoms with E-state index in [9.17, 15) is 19.5 Å². The van der Waals surface area contributed by atoms with Gasteiger partial charge in [-0.2, -0.15) is 0 Å². The maximum absolute atomic E-state index is 12.6. The SMILES string of the molecule is COC(=O)[C@@H](N)CCCCNc1c(N(Cc2cc[n+](C)cc2)Cc2ccccc2O)c(=O)c1=O. The number of benzene rings is 1. The highest BCUT2D eigenvalue weighted by Gasteiger charge is 2.27. The molecule has 1 atom stereocenters. The Balaban J connectivity index is 1.74. The highest BCUT2D eigenvalue weighted by molar-refractivity contribution is 5.76. The Morgan fingerprint density at radius 2 is 1.82 bits per heavy atom. The van der Waals surface area contributed by atoms with Gasteiger partial charge in [-0.05, 0) is 30.9 Å². The largest absolute Gasteiger partial charge is 0.508 e. The summed E-state index contributed by atoms with van der Waals surface area (Å²) in [5.74, 6) is -0.325. The van der Waals surface area contributed by atoms with Crippen molar-refractivity contribution in [1.82, 2.24) is 0 Å². The number of anilines is 2. The molecule has 0 aliphatic rings. The summed E-state index contributed by atoms with van der Waals surface area (Å²) >= 11 is 0. The molecule has 34 heavy (non-hydrogen) atoms. The average Bonchev–Trinajstić information content (AvgIpc) is 2.84. The molecule has 0 spiro atoms. The van der Waals surface area contributed by atoms with Gasteiger partial charge in [0.1, 0.15) is 30.2 Å². The molecule has 0 amide bonds. The molecule has 9 nitrogen and oxygen atoms in total. The Labute approximate surface area is 198 Å². The minimum Gasteiger partial charge on any atom is -0.508 e. The average molecular weight is 468 g/mol. The Bertz CT molecular complexity index is 1190. The lowest BCUT2D eigenvalue weighted by Crippen LogP contribution is -2.42. The third-order valence-electron chi connectivity index (χ3n) is 5.72. The third kappa shape index (κ3) is 5.99. The van der Waals surface area contributed by atoms with E-state index in [-0.39, 0.29) is 18.0 Å². The summed E-state index contributed by atoms with van der Waals surface area (Å²) in [6.45, 7) is 1.11. The molecule has 0 unspecified atom stereocenters. The van der Waals surface area contributed by atoms with Crippen molar-refractivity contribution in [2.45, 2.75) is 38.4 Å². The number of aromatic hydroxyl groups is 1. The fraction of sp³-hybridized carbons (Fsp3) is 0.360. The molecule has 3 aromatic rings. The van der Waals surface area contributed by atoms with Crippen LogP contribution < -0.4 is 31.4 Å². The summed E-state index contributed by atoms with van der Waals surface area (Å²) in [6.07, 6.45) is 5.62. The molecule has 0 saturated carbocycles. The highest BCUT2D eigenvalue weighted by atomic mass is 16.5. The molecule has 1 heterocycles. The van der Waals surface area contributed by atoms with E-state index in [0.717, 1.165) is 5.56 Å². The number of nitrogens with two attached hydrogens (primary N) is 1. The van der Waals surface area contributed by atoms with Gasteiger partial charge in [0, 0.05) is 37.3 Å². The molecule has 0 fully saturated rings. The van der Waals surface area contributed by atoms with Gasteiger partial charge in [-0.1, -0.05) is 18.2 Å². The number of aryl methyl sites for hydroxylation is 1. The summed E-state index contributed by atoms with van der Waals surface area (Å²) in [4.78, 5) is 38.2. The first-order chi connectivity index (χ1) is 16.3. The van der Waals surface area contributed by atoms with Crippen molar-refractivity contribution in [3.8, 4) is 5.75 Å². The van der Waals surface area contributed by atoms with E-state index >= 15 is 0 Å². The maximum atomic E-state index is 12.6. The van der Waals surface area contributed by atoms with Crippen molar-refractivity contribution in [3.63, 3.8) is 0 Å². The molecule has 0 saturated heterocycles. The first-order valence-corrected chi connectivity index (χ1v) is 11.2. The monoisotopic (exact) mass is 467 g/mol. The molecule has 2 aromatic carbocycles. The number of carbonyl (C=O) groups is 1. The number of aromatic nitrogens is 1. The van der Waals surface area contributed by atoms with Gasteiger partial charge in [0.05, 0.1) is 7.11 Å². The van der Waals surface area contributed by atoms with Crippen molar-refractivity contribution in [3.05, 3.63) is 80.4 Å². The number of methoxy groups -OCH3 is 1. The number of nitrogens with zero attached hydrogens (tertiary/aromatic N) is 2. The summed E-state index contributed by atoms with van der Waals surface area (Å²) in [5.41, 5.74) is 6.85. The Hall–Kier alpha value is -3.72. The topological polar surface area (TPSA) is 126 Å². The van der Waals surface area contributed by atoms with Gasteiger partial charge in [-0.3, -0.25) is 14.4 Å². The van der Waals surface area contributed by atoms with Gasteiger partial charge in [0.15, 0.2) is 12.4 Å². The normalized spacial score (nSPS) is 11.9. The first-order valence-electron chi connectivity index (χ1n) is 11.2. The summed E-state index contributed by atoms with van der Waals surface area (Å²) < 4.78 is 6.53. The third-order valence-corrected chi connectivity index (χ3v) is 5.72. The minimum absolute atomic E-state index is 0.127. The molecule has 180 valence electrons. The highest BCUT2D eigenvalue weighted by Crippen LogP contribution is 2.27. The molecule has 0 bridgehead atoms. The summed E-state index contributed by atoms with van der Waals surface area (Å²) in [5, 5.41) is 13.3. The van der Waals surface area contributed by atoms with E-state index in [2.05, 4.69) is 10.1 Å². The Morgan fingerprint density at radius 1 is 1.12 bits per heavy atom. The zero-order chi connectivity index (χ0) is 24.7. The van der Waals surface area contributed by atoms with Crippen LogP contribution in [0, 0.1) is 0 Å². The van der Waals surface area contributed by atoms with E-state index in [0.29, 0.717) is 43.6 Å². The van der Waals surface area contributed by atoms with Gasteiger partial charge in [-0.15, -0.1) is 0 Å². The molecule has 1 aromatic heterocycles. The van der Waals surface area contributed by atoms with Crippen LogP contribution in [0.5, 0.6) is 5.75 Å². The summed E-state index contributed by atoms with van der Waals surface area (Å²) in [7, 11) is 3.22. The van der Waals surface area contributed by atoms with Crippen LogP contribution in [0.1, 0.15) is 30.4 Å². The lowest BCUT2D eigenvalue weighted by atomic mass is 10.1. The lowest BCUT2D eigenvalue weighted by molar-refractivity contribution is -0.671. The number of pyridine rings is 1. The van der Waals surface area contributed by atoms with E-state index in [4.69, 9.17) is 5.73 Å². The second-order valence-corrected chi connectivity index (χ2v) is 8.29. The minimum atomic E-state index is -0.673. The zero-order valence-corrected chi connectivity index (χ0v) is 19.5. The maximum Gasteiger partial charge on any atom is 0.322 e. The molecule has 3 rings (SSSR count). The van der Waals surface area contributed by atoms with Crippen LogP contribution in [-0.2, 0) is 29.7 Å². The van der Waals surface area contributed by atoms with Gasteiger partial charge in [0.2, 0.25) is 0 Å². The number of carbonyl (C=O) groups excluding carboxylic acids is 1. The summed E-state index contributed by atoms with van der Waals surface area (Å²) in [6, 6.07) is 10.1. The number of phenols is 1. The van der Waals surface area contributed by atoms with E-state index < -0.39 is 22.9 Å². The van der Waals surface area contributed by atoms with E-state index in [1.165, 1.54) is 7.11 Å². The van der Waals surface area contributed by atoms with Gasteiger partial charge in [0.25, 0.3) is 10.9 Å². The Kier molecular flexibility index (Phi) is 8.37. The second kappa shape index (κ2) is 11.4. The molecule has 0 aliphatic heterocycles. The predicted octanol–water partition coefficient (Wildman–Crippen LogP) is 1.10. The van der Waals surface area contributed by atoms with Crippen molar-refractivity contribution < 1.29 is 19.2 Å². The van der Waals surface area contributed by atoms with Crippen LogP contribution in [0.25, 0.3) is 0 Å². The molecule has 4 N–H and O–H groups in total. The molecule has 0 aliphatic carbocycles. The van der Waals surface area contributed by atoms with E-state index in [1.807, 2.05) is 47.1 Å². The number of rotatable bonds is 12. The van der Waals surface area contributed by atoms with Crippen LogP contribution in [0.3, 0.4) is 0 Å². The van der Waals surface area contributed by atoms with Crippen LogP contribution in [0.15, 0.2) is 58.4 Å². The fourth-order valence-corrected chi connectivity index (χ4v) is 3.74.